The van der Waals surface area contributed by atoms with Gasteiger partial charge in [0.1, 0.15) is 18.1 Å². The molecular weight excluding hydrogens is 487 g/mol. The van der Waals surface area contributed by atoms with Crippen LogP contribution in [-0.4, -0.2) is 53.7 Å². The summed E-state index contributed by atoms with van der Waals surface area (Å²) in [6.07, 6.45) is 2.38. The molecule has 1 aliphatic rings. The third kappa shape index (κ3) is 6.37. The molecule has 0 radical (unpaired) electrons. The highest BCUT2D eigenvalue weighted by atomic mass is 127. The second kappa shape index (κ2) is 11.6. The molecule has 1 N–H and O–H groups in total. The van der Waals surface area contributed by atoms with Crippen LogP contribution in [-0.2, 0) is 6.54 Å². The predicted molar refractivity (Wildman–Crippen MR) is 131 cm³/mol. The van der Waals surface area contributed by atoms with Gasteiger partial charge >= 0.3 is 0 Å². The van der Waals surface area contributed by atoms with Crippen LogP contribution < -0.4 is 4.74 Å². The van der Waals surface area contributed by atoms with Gasteiger partial charge in [0.15, 0.2) is 0 Å². The van der Waals surface area contributed by atoms with E-state index < -0.39 is 0 Å². The average Bonchev–Trinajstić information content (AvgIpc) is 2.77. The molecule has 0 spiro atoms. The number of benzene rings is 2. The van der Waals surface area contributed by atoms with Gasteiger partial charge in [-0.1, -0.05) is 43.9 Å². The van der Waals surface area contributed by atoms with Crippen LogP contribution in [0.15, 0.2) is 42.5 Å². The summed E-state index contributed by atoms with van der Waals surface area (Å²) >= 11 is 2.19. The molecule has 0 aromatic heterocycles. The molecule has 1 heterocycles. The molecule has 0 aliphatic carbocycles. The lowest BCUT2D eigenvalue weighted by Crippen LogP contribution is -2.44. The van der Waals surface area contributed by atoms with Gasteiger partial charge in [0, 0.05) is 23.7 Å². The molecule has 1 saturated heterocycles. The Kier molecular flexibility index (Phi) is 8.86. The summed E-state index contributed by atoms with van der Waals surface area (Å²) in [5.41, 5.74) is 1.87. The molecule has 0 amide bonds. The van der Waals surface area contributed by atoms with E-state index in [1.54, 1.807) is 0 Å². The summed E-state index contributed by atoms with van der Waals surface area (Å²) in [7, 11) is 0. The highest BCUT2D eigenvalue weighted by molar-refractivity contribution is 14.1. The number of aromatic hydroxyl groups is 1. The number of hydrogen-bond acceptors (Lipinski definition) is 4. The molecule has 1 aliphatic heterocycles. The normalized spacial score (nSPS) is 15.1. The van der Waals surface area contributed by atoms with E-state index >= 15 is 0 Å². The Labute approximate surface area is 194 Å². The van der Waals surface area contributed by atoms with Crippen LogP contribution in [0.25, 0.3) is 0 Å². The van der Waals surface area contributed by atoms with Crippen molar-refractivity contribution in [1.29, 1.82) is 0 Å². The van der Waals surface area contributed by atoms with E-state index in [0.717, 1.165) is 53.2 Å². The fourth-order valence-corrected chi connectivity index (χ4v) is 4.73. The molecule has 0 atom stereocenters. The number of halogens is 1. The Hall–Kier alpha value is -1.75. The second-order valence-electron chi connectivity index (χ2n) is 7.60. The van der Waals surface area contributed by atoms with Gasteiger partial charge in [0.2, 0.25) is 0 Å². The monoisotopic (exact) mass is 518 g/mol. The molecule has 30 heavy (non-hydrogen) atoms. The quantitative estimate of drug-likeness (QED) is 0.425. The Balaban J connectivity index is 1.60. The van der Waals surface area contributed by atoms with Crippen molar-refractivity contribution in [2.45, 2.75) is 39.3 Å². The largest absolute Gasteiger partial charge is 0.507 e. The van der Waals surface area contributed by atoms with Crippen molar-refractivity contribution in [3.8, 4) is 23.3 Å². The highest BCUT2D eigenvalue weighted by Gasteiger charge is 2.23. The lowest BCUT2D eigenvalue weighted by molar-refractivity contribution is 0.112. The minimum Gasteiger partial charge on any atom is -0.507 e. The first kappa shape index (κ1) is 22.9. The lowest BCUT2D eigenvalue weighted by Gasteiger charge is -2.37. The minimum absolute atomic E-state index is 0.343. The van der Waals surface area contributed by atoms with E-state index in [1.807, 2.05) is 42.5 Å². The molecule has 0 bridgehead atoms. The van der Waals surface area contributed by atoms with Crippen LogP contribution in [0, 0.1) is 15.4 Å². The van der Waals surface area contributed by atoms with Crippen LogP contribution in [0.3, 0.4) is 0 Å². The van der Waals surface area contributed by atoms with Crippen molar-refractivity contribution in [1.82, 2.24) is 9.80 Å². The number of hydrogen-bond donors (Lipinski definition) is 1. The average molecular weight is 518 g/mol. The number of para-hydroxylation sites is 1. The van der Waals surface area contributed by atoms with E-state index in [4.69, 9.17) is 4.74 Å². The van der Waals surface area contributed by atoms with Gasteiger partial charge in [-0.15, -0.1) is 0 Å². The first-order chi connectivity index (χ1) is 14.6. The third-order valence-electron chi connectivity index (χ3n) is 5.71. The fourth-order valence-electron chi connectivity index (χ4n) is 4.05. The molecule has 0 saturated carbocycles. The van der Waals surface area contributed by atoms with Crippen molar-refractivity contribution in [3.05, 3.63) is 57.2 Å². The molecule has 3 rings (SSSR count). The Morgan fingerprint density at radius 3 is 2.50 bits per heavy atom. The number of ether oxygens (including phenoxy) is 1. The van der Waals surface area contributed by atoms with Gasteiger partial charge in [-0.3, -0.25) is 4.90 Å². The van der Waals surface area contributed by atoms with Crippen LogP contribution >= 0.6 is 22.6 Å². The molecule has 2 aromatic carbocycles. The first-order valence-corrected chi connectivity index (χ1v) is 11.8. The van der Waals surface area contributed by atoms with Gasteiger partial charge < -0.3 is 14.7 Å². The van der Waals surface area contributed by atoms with Gasteiger partial charge in [-0.2, -0.15) is 0 Å². The predicted octanol–water partition coefficient (Wildman–Crippen LogP) is 4.73. The molecule has 1 fully saturated rings. The highest BCUT2D eigenvalue weighted by Crippen LogP contribution is 2.28. The number of likely N-dealkylation sites (tertiary alicyclic amines) is 1. The van der Waals surface area contributed by atoms with Crippen molar-refractivity contribution >= 4 is 22.6 Å². The summed E-state index contributed by atoms with van der Waals surface area (Å²) in [4.78, 5) is 5.01. The maximum Gasteiger partial charge on any atom is 0.149 e. The number of nitrogens with zero attached hydrogens (tertiary/aromatic N) is 2. The van der Waals surface area contributed by atoms with Gasteiger partial charge in [0.25, 0.3) is 0 Å². The Morgan fingerprint density at radius 2 is 1.83 bits per heavy atom. The van der Waals surface area contributed by atoms with E-state index in [1.165, 1.54) is 12.8 Å². The maximum atomic E-state index is 10.6. The number of piperidine rings is 1. The zero-order valence-corrected chi connectivity index (χ0v) is 20.1. The molecule has 4 nitrogen and oxygen atoms in total. The zero-order chi connectivity index (χ0) is 21.3. The summed E-state index contributed by atoms with van der Waals surface area (Å²) in [6.45, 7) is 9.97. The van der Waals surface area contributed by atoms with Crippen molar-refractivity contribution in [3.63, 3.8) is 0 Å². The molecule has 0 unspecified atom stereocenters. The number of phenols is 1. The van der Waals surface area contributed by atoms with E-state index in [-0.39, 0.29) is 0 Å². The van der Waals surface area contributed by atoms with Crippen molar-refractivity contribution in [2.24, 2.45) is 0 Å². The lowest BCUT2D eigenvalue weighted by atomic mass is 10.0. The van der Waals surface area contributed by atoms with Crippen molar-refractivity contribution < 1.29 is 9.84 Å². The smallest absolute Gasteiger partial charge is 0.149 e. The molecular formula is C25H31IN2O2. The van der Waals surface area contributed by atoms with Crippen LogP contribution in [0.2, 0.25) is 0 Å². The molecule has 160 valence electrons. The Bertz CT molecular complexity index is 864. The van der Waals surface area contributed by atoms with Gasteiger partial charge in [-0.05, 0) is 85.9 Å². The topological polar surface area (TPSA) is 35.9 Å². The summed E-state index contributed by atoms with van der Waals surface area (Å²) in [5, 5.41) is 10.6. The number of rotatable bonds is 7. The SMILES string of the molecule is CCN(CC)C1CCN(Cc2cc(C#CCOc3ccccc3)cc(I)c2O)CC1. The van der Waals surface area contributed by atoms with Crippen molar-refractivity contribution in [2.75, 3.05) is 32.8 Å². The fraction of sp³-hybridized carbons (Fsp3) is 0.440. The summed E-state index contributed by atoms with van der Waals surface area (Å²) in [6, 6.07) is 14.3. The van der Waals surface area contributed by atoms with E-state index in [9.17, 15) is 5.11 Å². The zero-order valence-electron chi connectivity index (χ0n) is 17.9. The first-order valence-electron chi connectivity index (χ1n) is 10.7. The van der Waals surface area contributed by atoms with Crippen LogP contribution in [0.1, 0.15) is 37.8 Å². The molecule has 5 heteroatoms. The minimum atomic E-state index is 0.343. The maximum absolute atomic E-state index is 10.6. The summed E-state index contributed by atoms with van der Waals surface area (Å²) < 4.78 is 6.49. The standard InChI is InChI=1S/C25H31IN2O2/c1-3-28(4-2)22-12-14-27(15-13-22)19-21-17-20(18-24(26)25(21)29)9-8-16-30-23-10-6-5-7-11-23/h5-7,10-11,17-18,22,29H,3-4,12-16,19H2,1-2H3. The van der Waals surface area contributed by atoms with E-state index in [2.05, 4.69) is 58.1 Å². The third-order valence-corrected chi connectivity index (χ3v) is 6.53. The number of phenolic OH excluding ortho intramolecular Hbond substituents is 1. The van der Waals surface area contributed by atoms with Gasteiger partial charge in [0.05, 0.1) is 3.57 Å². The molecule has 2 aromatic rings. The van der Waals surface area contributed by atoms with Crippen LogP contribution in [0.4, 0.5) is 0 Å². The summed E-state index contributed by atoms with van der Waals surface area (Å²) in [5.74, 6) is 7.47. The van der Waals surface area contributed by atoms with Gasteiger partial charge in [-0.25, -0.2) is 0 Å². The van der Waals surface area contributed by atoms with Crippen LogP contribution in [0.5, 0.6) is 11.5 Å². The Morgan fingerprint density at radius 1 is 1.13 bits per heavy atom. The second-order valence-corrected chi connectivity index (χ2v) is 8.76. The van der Waals surface area contributed by atoms with E-state index in [0.29, 0.717) is 18.4 Å².